The molecule has 1 aliphatic heterocycles. The maximum Gasteiger partial charge on any atom is 0.277 e. The summed E-state index contributed by atoms with van der Waals surface area (Å²) >= 11 is 0. The van der Waals surface area contributed by atoms with E-state index in [4.69, 9.17) is 4.43 Å². The van der Waals surface area contributed by atoms with Gasteiger partial charge in [-0.15, -0.1) is 0 Å². The van der Waals surface area contributed by atoms with Crippen LogP contribution in [0.15, 0.2) is 36.4 Å². The minimum absolute atomic E-state index is 0.161. The maximum absolute atomic E-state index is 11.5. The molecule has 0 saturated carbocycles. The van der Waals surface area contributed by atoms with Gasteiger partial charge in [0.15, 0.2) is 8.32 Å². The first-order chi connectivity index (χ1) is 13.6. The Morgan fingerprint density at radius 3 is 2.38 bits per heavy atom. The highest BCUT2D eigenvalue weighted by Gasteiger charge is 2.37. The van der Waals surface area contributed by atoms with Crippen LogP contribution >= 0.6 is 0 Å². The van der Waals surface area contributed by atoms with Gasteiger partial charge in [0, 0.05) is 37.7 Å². The summed E-state index contributed by atoms with van der Waals surface area (Å²) in [5, 5.41) is 17.9. The fraction of sp³-hybridized carbons (Fsp3) is 0.545. The first-order valence-electron chi connectivity index (χ1n) is 10.4. The molecule has 0 N–H and O–H groups in total. The van der Waals surface area contributed by atoms with Crippen molar-refractivity contribution in [1.82, 2.24) is 5.01 Å². The normalized spacial score (nSPS) is 16.4. The lowest BCUT2D eigenvalue weighted by Crippen LogP contribution is -2.50. The number of fused-ring (bicyclic) bond motifs is 1. The minimum atomic E-state index is -1.77. The third kappa shape index (κ3) is 4.62. The van der Waals surface area contributed by atoms with E-state index in [1.54, 1.807) is 6.07 Å². The summed E-state index contributed by atoms with van der Waals surface area (Å²) < 4.78 is 6.40. The molecular formula is C22H33N3O3Si. The SMILES string of the molecule is CC(C)(C)[Si](C)(C)OCCN1CCCCN1c1ccc([N+](=O)[O-])c2ccccc12. The quantitative estimate of drug-likeness (QED) is 0.350. The number of nitro groups is 1. The van der Waals surface area contributed by atoms with Crippen LogP contribution in [0.4, 0.5) is 11.4 Å². The van der Waals surface area contributed by atoms with E-state index >= 15 is 0 Å². The molecule has 0 bridgehead atoms. The molecule has 2 aromatic carbocycles. The van der Waals surface area contributed by atoms with E-state index in [-0.39, 0.29) is 15.6 Å². The molecule has 0 amide bonds. The van der Waals surface area contributed by atoms with E-state index in [0.29, 0.717) is 12.0 Å². The largest absolute Gasteiger partial charge is 0.415 e. The number of non-ortho nitro benzene ring substituents is 1. The molecule has 1 aliphatic rings. The molecule has 1 saturated heterocycles. The summed E-state index contributed by atoms with van der Waals surface area (Å²) in [6, 6.07) is 11.2. The zero-order valence-electron chi connectivity index (χ0n) is 18.3. The first kappa shape index (κ1) is 21.7. The lowest BCUT2D eigenvalue weighted by atomic mass is 10.1. The molecule has 1 fully saturated rings. The van der Waals surface area contributed by atoms with Crippen LogP contribution in [-0.2, 0) is 4.43 Å². The maximum atomic E-state index is 11.5. The molecule has 29 heavy (non-hydrogen) atoms. The van der Waals surface area contributed by atoms with Crippen LogP contribution in [0.5, 0.6) is 0 Å². The third-order valence-electron chi connectivity index (χ3n) is 6.35. The van der Waals surface area contributed by atoms with Gasteiger partial charge in [0.1, 0.15) is 0 Å². The average molecular weight is 416 g/mol. The second-order valence-electron chi connectivity index (χ2n) is 9.30. The molecular weight excluding hydrogens is 382 g/mol. The van der Waals surface area contributed by atoms with Gasteiger partial charge in [0.25, 0.3) is 5.69 Å². The van der Waals surface area contributed by atoms with Gasteiger partial charge in [-0.1, -0.05) is 39.0 Å². The van der Waals surface area contributed by atoms with Gasteiger partial charge >= 0.3 is 0 Å². The van der Waals surface area contributed by atoms with E-state index in [0.717, 1.165) is 43.5 Å². The van der Waals surface area contributed by atoms with E-state index < -0.39 is 8.32 Å². The molecule has 1 heterocycles. The van der Waals surface area contributed by atoms with Gasteiger partial charge < -0.3 is 9.43 Å². The Labute approximate surface area is 174 Å². The molecule has 0 atom stereocenters. The van der Waals surface area contributed by atoms with E-state index in [9.17, 15) is 10.1 Å². The molecule has 3 rings (SSSR count). The van der Waals surface area contributed by atoms with Crippen molar-refractivity contribution in [2.75, 3.05) is 31.3 Å². The fourth-order valence-corrected chi connectivity index (χ4v) is 4.63. The van der Waals surface area contributed by atoms with Crippen molar-refractivity contribution in [3.63, 3.8) is 0 Å². The second-order valence-corrected chi connectivity index (χ2v) is 14.1. The second kappa shape index (κ2) is 8.42. The lowest BCUT2D eigenvalue weighted by molar-refractivity contribution is -0.383. The Balaban J connectivity index is 1.84. The van der Waals surface area contributed by atoms with Crippen LogP contribution in [-0.4, -0.2) is 44.5 Å². The van der Waals surface area contributed by atoms with Gasteiger partial charge in [-0.2, -0.15) is 0 Å². The highest BCUT2D eigenvalue weighted by molar-refractivity contribution is 6.74. The monoisotopic (exact) mass is 415 g/mol. The molecule has 2 aromatic rings. The van der Waals surface area contributed by atoms with Gasteiger partial charge in [-0.05, 0) is 43.1 Å². The van der Waals surface area contributed by atoms with Crippen LogP contribution < -0.4 is 5.01 Å². The number of rotatable bonds is 6. The van der Waals surface area contributed by atoms with Gasteiger partial charge in [-0.25, -0.2) is 5.01 Å². The number of hydrazine groups is 1. The van der Waals surface area contributed by atoms with Crippen LogP contribution in [0.3, 0.4) is 0 Å². The lowest BCUT2D eigenvalue weighted by Gasteiger charge is -2.42. The zero-order valence-corrected chi connectivity index (χ0v) is 19.3. The van der Waals surface area contributed by atoms with Crippen LogP contribution in [0.25, 0.3) is 10.8 Å². The third-order valence-corrected chi connectivity index (χ3v) is 10.9. The Hall–Kier alpha value is -1.96. The summed E-state index contributed by atoms with van der Waals surface area (Å²) in [4.78, 5) is 11.2. The first-order valence-corrected chi connectivity index (χ1v) is 13.4. The predicted octanol–water partition coefficient (Wildman–Crippen LogP) is 5.59. The standard InChI is InChI=1S/C22H33N3O3Si/c1-22(2,3)29(4,5)28-17-16-23-14-8-9-15-24(23)20-12-13-21(25(26)27)19-11-7-6-10-18(19)20/h6-7,10-13H,8-9,14-17H2,1-5H3. The Morgan fingerprint density at radius 2 is 1.72 bits per heavy atom. The zero-order chi connectivity index (χ0) is 21.2. The molecule has 0 aliphatic carbocycles. The number of nitrogens with zero attached hydrogens (tertiary/aromatic N) is 3. The Kier molecular flexibility index (Phi) is 6.31. The number of hydrogen-bond donors (Lipinski definition) is 0. The molecule has 158 valence electrons. The van der Waals surface area contributed by atoms with Gasteiger partial charge in [0.2, 0.25) is 0 Å². The van der Waals surface area contributed by atoms with E-state index in [2.05, 4.69) is 43.9 Å². The van der Waals surface area contributed by atoms with E-state index in [1.165, 1.54) is 0 Å². The predicted molar refractivity (Wildman–Crippen MR) is 122 cm³/mol. The van der Waals surface area contributed by atoms with Crippen molar-refractivity contribution in [2.45, 2.75) is 51.7 Å². The highest BCUT2D eigenvalue weighted by Crippen LogP contribution is 2.37. The number of hydrogen-bond acceptors (Lipinski definition) is 5. The van der Waals surface area contributed by atoms with Crippen LogP contribution in [0, 0.1) is 10.1 Å². The van der Waals surface area contributed by atoms with Crippen LogP contribution in [0.2, 0.25) is 18.1 Å². The van der Waals surface area contributed by atoms with Crippen molar-refractivity contribution >= 4 is 30.5 Å². The van der Waals surface area contributed by atoms with Crippen molar-refractivity contribution in [1.29, 1.82) is 0 Å². The van der Waals surface area contributed by atoms with Gasteiger partial charge in [0.05, 0.1) is 16.0 Å². The summed E-state index contributed by atoms with van der Waals surface area (Å²) in [6.45, 7) is 14.8. The van der Waals surface area contributed by atoms with Crippen LogP contribution in [0.1, 0.15) is 33.6 Å². The van der Waals surface area contributed by atoms with Gasteiger partial charge in [-0.3, -0.25) is 10.1 Å². The Morgan fingerprint density at radius 1 is 1.07 bits per heavy atom. The molecule has 0 aromatic heterocycles. The van der Waals surface area contributed by atoms with Crippen molar-refractivity contribution in [2.24, 2.45) is 0 Å². The molecule has 7 heteroatoms. The molecule has 0 spiro atoms. The molecule has 0 radical (unpaired) electrons. The molecule has 0 unspecified atom stereocenters. The number of anilines is 1. The van der Waals surface area contributed by atoms with Crippen molar-refractivity contribution < 1.29 is 9.35 Å². The molecule has 6 nitrogen and oxygen atoms in total. The highest BCUT2D eigenvalue weighted by atomic mass is 28.4. The fourth-order valence-electron chi connectivity index (χ4n) is 3.60. The summed E-state index contributed by atoms with van der Waals surface area (Å²) in [6.07, 6.45) is 2.27. The average Bonchev–Trinajstić information content (AvgIpc) is 2.66. The van der Waals surface area contributed by atoms with E-state index in [1.807, 2.05) is 30.3 Å². The summed E-state index contributed by atoms with van der Waals surface area (Å²) in [5.74, 6) is 0. The number of nitro benzene ring substituents is 1. The minimum Gasteiger partial charge on any atom is -0.415 e. The number of benzene rings is 2. The Bertz CT molecular complexity index is 879. The topological polar surface area (TPSA) is 58.8 Å². The summed E-state index contributed by atoms with van der Waals surface area (Å²) in [5.41, 5.74) is 1.20. The van der Waals surface area contributed by atoms with Crippen molar-refractivity contribution in [3.8, 4) is 0 Å². The van der Waals surface area contributed by atoms with Crippen molar-refractivity contribution in [3.05, 3.63) is 46.5 Å². The smallest absolute Gasteiger partial charge is 0.277 e. The summed E-state index contributed by atoms with van der Waals surface area (Å²) in [7, 11) is -1.77.